The van der Waals surface area contributed by atoms with Crippen molar-refractivity contribution >= 4 is 26.0 Å². The van der Waals surface area contributed by atoms with E-state index in [1.165, 1.54) is 13.2 Å². The van der Waals surface area contributed by atoms with Gasteiger partial charge in [0, 0.05) is 23.4 Å². The highest BCUT2D eigenvalue weighted by atomic mass is 79.9. The van der Waals surface area contributed by atoms with Crippen molar-refractivity contribution in [3.63, 3.8) is 0 Å². The van der Waals surface area contributed by atoms with E-state index in [0.717, 1.165) is 10.0 Å². The van der Waals surface area contributed by atoms with Gasteiger partial charge in [0.1, 0.15) is 10.6 Å². The molecule has 0 fully saturated rings. The number of methoxy groups -OCH3 is 1. The molecule has 1 heterocycles. The zero-order valence-electron chi connectivity index (χ0n) is 10.7. The van der Waals surface area contributed by atoms with Gasteiger partial charge in [-0.15, -0.1) is 0 Å². The van der Waals surface area contributed by atoms with Gasteiger partial charge in [0.25, 0.3) is 0 Å². The first-order valence-corrected chi connectivity index (χ1v) is 8.02. The molecule has 0 aliphatic rings. The molecule has 0 bridgehead atoms. The SMILES string of the molecule is COc1cc(Br)ccc1S(=O)(=O)NCc1cccnc1. The number of sulfonamides is 1. The first kappa shape index (κ1) is 15.0. The van der Waals surface area contributed by atoms with E-state index in [0.29, 0.717) is 0 Å². The highest BCUT2D eigenvalue weighted by Crippen LogP contribution is 2.27. The molecular weight excluding hydrogens is 344 g/mol. The minimum absolute atomic E-state index is 0.104. The number of aromatic nitrogens is 1. The van der Waals surface area contributed by atoms with Gasteiger partial charge in [0.05, 0.1) is 7.11 Å². The third-order valence-corrected chi connectivity index (χ3v) is 4.54. The maximum Gasteiger partial charge on any atom is 0.244 e. The maximum absolute atomic E-state index is 12.3. The van der Waals surface area contributed by atoms with Gasteiger partial charge in [-0.25, -0.2) is 13.1 Å². The number of hydrogen-bond acceptors (Lipinski definition) is 4. The van der Waals surface area contributed by atoms with E-state index in [1.807, 2.05) is 0 Å². The lowest BCUT2D eigenvalue weighted by atomic mass is 10.3. The Kier molecular flexibility index (Phi) is 4.74. The lowest BCUT2D eigenvalue weighted by Crippen LogP contribution is -2.23. The Morgan fingerprint density at radius 2 is 2.15 bits per heavy atom. The second-order valence-corrected chi connectivity index (χ2v) is 6.63. The summed E-state index contributed by atoms with van der Waals surface area (Å²) in [5.74, 6) is 0.290. The molecule has 0 amide bonds. The number of nitrogens with zero attached hydrogens (tertiary/aromatic N) is 1. The van der Waals surface area contributed by atoms with Crippen LogP contribution < -0.4 is 9.46 Å². The van der Waals surface area contributed by atoms with Gasteiger partial charge in [0.2, 0.25) is 10.0 Å². The van der Waals surface area contributed by atoms with E-state index in [9.17, 15) is 8.42 Å². The normalized spacial score (nSPS) is 11.3. The molecule has 0 spiro atoms. The summed E-state index contributed by atoms with van der Waals surface area (Å²) in [6.07, 6.45) is 3.25. The quantitative estimate of drug-likeness (QED) is 0.892. The first-order valence-electron chi connectivity index (χ1n) is 5.75. The fourth-order valence-electron chi connectivity index (χ4n) is 1.62. The molecule has 0 atom stereocenters. The summed E-state index contributed by atoms with van der Waals surface area (Å²) in [7, 11) is -2.21. The van der Waals surface area contributed by atoms with Crippen molar-refractivity contribution in [1.29, 1.82) is 0 Å². The van der Waals surface area contributed by atoms with Crippen molar-refractivity contribution in [3.8, 4) is 5.75 Å². The third-order valence-electron chi connectivity index (χ3n) is 2.60. The number of nitrogens with one attached hydrogen (secondary N) is 1. The van der Waals surface area contributed by atoms with Crippen LogP contribution in [0.2, 0.25) is 0 Å². The average Bonchev–Trinajstić information content (AvgIpc) is 2.46. The summed E-state index contributed by atoms with van der Waals surface area (Å²) >= 11 is 3.28. The summed E-state index contributed by atoms with van der Waals surface area (Å²) in [6, 6.07) is 8.31. The number of ether oxygens (including phenoxy) is 1. The summed E-state index contributed by atoms with van der Waals surface area (Å²) in [4.78, 5) is 4.04. The fraction of sp³-hybridized carbons (Fsp3) is 0.154. The summed E-state index contributed by atoms with van der Waals surface area (Å²) in [5, 5.41) is 0. The smallest absolute Gasteiger partial charge is 0.244 e. The molecule has 1 aromatic carbocycles. The van der Waals surface area contributed by atoms with E-state index in [4.69, 9.17) is 4.74 Å². The number of hydrogen-bond donors (Lipinski definition) is 1. The van der Waals surface area contributed by atoms with Crippen molar-refractivity contribution in [2.75, 3.05) is 7.11 Å². The summed E-state index contributed by atoms with van der Waals surface area (Å²) in [5.41, 5.74) is 0.784. The highest BCUT2D eigenvalue weighted by Gasteiger charge is 2.19. The van der Waals surface area contributed by atoms with Gasteiger partial charge in [-0.2, -0.15) is 0 Å². The Morgan fingerprint density at radius 3 is 2.80 bits per heavy atom. The second kappa shape index (κ2) is 6.34. The standard InChI is InChI=1S/C13H13BrN2O3S/c1-19-12-7-11(14)4-5-13(12)20(17,18)16-9-10-3-2-6-15-8-10/h2-8,16H,9H2,1H3. The zero-order chi connectivity index (χ0) is 14.6. The van der Waals surface area contributed by atoms with Crippen LogP contribution in [0.25, 0.3) is 0 Å². The van der Waals surface area contributed by atoms with E-state index < -0.39 is 10.0 Å². The van der Waals surface area contributed by atoms with Crippen molar-refractivity contribution in [3.05, 3.63) is 52.8 Å². The Hall–Kier alpha value is -1.44. The van der Waals surface area contributed by atoms with Crippen LogP contribution in [-0.2, 0) is 16.6 Å². The zero-order valence-corrected chi connectivity index (χ0v) is 13.1. The summed E-state index contributed by atoms with van der Waals surface area (Å²) in [6.45, 7) is 0.176. The molecule has 1 N–H and O–H groups in total. The largest absolute Gasteiger partial charge is 0.495 e. The Morgan fingerprint density at radius 1 is 1.35 bits per heavy atom. The third kappa shape index (κ3) is 3.56. The van der Waals surface area contributed by atoms with Crippen molar-refractivity contribution in [2.24, 2.45) is 0 Å². The van der Waals surface area contributed by atoms with Crippen LogP contribution in [0.1, 0.15) is 5.56 Å². The molecule has 7 heteroatoms. The molecule has 20 heavy (non-hydrogen) atoms. The van der Waals surface area contributed by atoms with Gasteiger partial charge in [0.15, 0.2) is 0 Å². The van der Waals surface area contributed by atoms with Gasteiger partial charge in [-0.05, 0) is 29.8 Å². The van der Waals surface area contributed by atoms with E-state index in [-0.39, 0.29) is 17.2 Å². The monoisotopic (exact) mass is 356 g/mol. The molecule has 1 aromatic heterocycles. The highest BCUT2D eigenvalue weighted by molar-refractivity contribution is 9.10. The molecule has 0 unspecified atom stereocenters. The molecule has 0 saturated carbocycles. The van der Waals surface area contributed by atoms with Gasteiger partial charge < -0.3 is 4.74 Å². The van der Waals surface area contributed by atoms with Crippen LogP contribution in [0.15, 0.2) is 52.1 Å². The van der Waals surface area contributed by atoms with Crippen molar-refractivity contribution < 1.29 is 13.2 Å². The molecular formula is C13H13BrN2O3S. The predicted octanol–water partition coefficient (Wildman–Crippen LogP) is 2.33. The molecule has 0 saturated heterocycles. The Balaban J connectivity index is 2.22. The number of pyridine rings is 1. The van der Waals surface area contributed by atoms with Crippen LogP contribution in [0.5, 0.6) is 5.75 Å². The van der Waals surface area contributed by atoms with Crippen LogP contribution >= 0.6 is 15.9 Å². The van der Waals surface area contributed by atoms with E-state index >= 15 is 0 Å². The Bertz CT molecular complexity index is 690. The lowest BCUT2D eigenvalue weighted by molar-refractivity contribution is 0.402. The van der Waals surface area contributed by atoms with Crippen molar-refractivity contribution in [2.45, 2.75) is 11.4 Å². The van der Waals surface area contributed by atoms with Gasteiger partial charge >= 0.3 is 0 Å². The van der Waals surface area contributed by atoms with E-state index in [1.54, 1.807) is 36.7 Å². The molecule has 2 aromatic rings. The average molecular weight is 357 g/mol. The van der Waals surface area contributed by atoms with Crippen LogP contribution in [-0.4, -0.2) is 20.5 Å². The topological polar surface area (TPSA) is 68.3 Å². The predicted molar refractivity (Wildman–Crippen MR) is 79.0 cm³/mol. The maximum atomic E-state index is 12.3. The number of rotatable bonds is 5. The molecule has 0 aliphatic carbocycles. The minimum Gasteiger partial charge on any atom is -0.495 e. The number of benzene rings is 1. The summed E-state index contributed by atoms with van der Waals surface area (Å²) < 4.78 is 32.9. The molecule has 5 nitrogen and oxygen atoms in total. The van der Waals surface area contributed by atoms with Gasteiger partial charge in [-0.1, -0.05) is 22.0 Å². The lowest BCUT2D eigenvalue weighted by Gasteiger charge is -2.11. The second-order valence-electron chi connectivity index (χ2n) is 3.98. The van der Waals surface area contributed by atoms with E-state index in [2.05, 4.69) is 25.6 Å². The fourth-order valence-corrected chi connectivity index (χ4v) is 3.13. The Labute approximate surface area is 126 Å². The van der Waals surface area contributed by atoms with Gasteiger partial charge in [-0.3, -0.25) is 4.98 Å². The van der Waals surface area contributed by atoms with Crippen LogP contribution in [0, 0.1) is 0 Å². The van der Waals surface area contributed by atoms with Crippen molar-refractivity contribution in [1.82, 2.24) is 9.71 Å². The van der Waals surface area contributed by atoms with Crippen LogP contribution in [0.3, 0.4) is 0 Å². The first-order chi connectivity index (χ1) is 9.53. The molecule has 0 radical (unpaired) electrons. The molecule has 2 rings (SSSR count). The minimum atomic E-state index is -3.64. The number of halogens is 1. The van der Waals surface area contributed by atoms with Crippen LogP contribution in [0.4, 0.5) is 0 Å². The molecule has 0 aliphatic heterocycles. The molecule has 106 valence electrons.